The van der Waals surface area contributed by atoms with Crippen molar-refractivity contribution in [3.8, 4) is 5.75 Å². The number of ether oxygens (including phenoxy) is 1. The van der Waals surface area contributed by atoms with E-state index >= 15 is 0 Å². The van der Waals surface area contributed by atoms with Crippen LogP contribution in [0.3, 0.4) is 0 Å². The third-order valence-corrected chi connectivity index (χ3v) is 3.54. The highest BCUT2D eigenvalue weighted by atomic mass is 35.5. The summed E-state index contributed by atoms with van der Waals surface area (Å²) in [5, 5.41) is 1.24. The van der Waals surface area contributed by atoms with Gasteiger partial charge in [0.05, 0.1) is 0 Å². The summed E-state index contributed by atoms with van der Waals surface area (Å²) in [7, 11) is 0. The third kappa shape index (κ3) is 2.91. The summed E-state index contributed by atoms with van der Waals surface area (Å²) in [5.41, 5.74) is 1.60. The Bertz CT molecular complexity index is 782. The lowest BCUT2D eigenvalue weighted by atomic mass is 10.0. The maximum atomic E-state index is 11.5. The summed E-state index contributed by atoms with van der Waals surface area (Å²) >= 11 is 5.63. The van der Waals surface area contributed by atoms with E-state index in [0.29, 0.717) is 12.2 Å². The molecule has 0 atom stereocenters. The fourth-order valence-corrected chi connectivity index (χ4v) is 2.47. The molecule has 2 nitrogen and oxygen atoms in total. The predicted molar refractivity (Wildman–Crippen MR) is 84.9 cm³/mol. The van der Waals surface area contributed by atoms with E-state index in [4.69, 9.17) is 16.3 Å². The van der Waals surface area contributed by atoms with E-state index in [1.54, 1.807) is 12.1 Å². The maximum Gasteiger partial charge on any atom is 0.253 e. The molecule has 0 spiro atoms. The molecule has 0 aliphatic carbocycles. The summed E-state index contributed by atoms with van der Waals surface area (Å²) in [6.45, 7) is 0.485. The second-order valence-corrected chi connectivity index (χ2v) is 5.05. The number of carbonyl (C=O) groups is 1. The monoisotopic (exact) mass is 296 g/mol. The molecule has 3 rings (SSSR count). The van der Waals surface area contributed by atoms with Crippen LogP contribution in [0.2, 0.25) is 0 Å². The van der Waals surface area contributed by atoms with E-state index in [-0.39, 0.29) is 0 Å². The Balaban J connectivity index is 1.96. The Morgan fingerprint density at radius 3 is 2.24 bits per heavy atom. The van der Waals surface area contributed by atoms with E-state index in [2.05, 4.69) is 0 Å². The van der Waals surface area contributed by atoms with Crippen molar-refractivity contribution in [1.82, 2.24) is 0 Å². The zero-order valence-corrected chi connectivity index (χ0v) is 12.0. The van der Waals surface area contributed by atoms with Gasteiger partial charge in [0.25, 0.3) is 5.24 Å². The second-order valence-electron chi connectivity index (χ2n) is 4.70. The molecule has 0 saturated heterocycles. The Labute approximate surface area is 127 Å². The van der Waals surface area contributed by atoms with Gasteiger partial charge in [0.15, 0.2) is 0 Å². The van der Waals surface area contributed by atoms with Crippen molar-refractivity contribution in [2.75, 3.05) is 0 Å². The van der Waals surface area contributed by atoms with Crippen LogP contribution in [0.5, 0.6) is 5.75 Å². The molecule has 0 aromatic heterocycles. The first-order valence-electron chi connectivity index (χ1n) is 6.64. The van der Waals surface area contributed by atoms with Gasteiger partial charge in [0.2, 0.25) is 0 Å². The van der Waals surface area contributed by atoms with Crippen molar-refractivity contribution in [1.29, 1.82) is 0 Å². The normalized spacial score (nSPS) is 10.5. The molecule has 0 bridgehead atoms. The molecule has 0 aliphatic rings. The molecular weight excluding hydrogens is 284 g/mol. The van der Waals surface area contributed by atoms with Gasteiger partial charge < -0.3 is 4.74 Å². The SMILES string of the molecule is O=C(Cl)c1ccc(OCc2ccccc2)c2ccccc12. The second kappa shape index (κ2) is 5.98. The van der Waals surface area contributed by atoms with Crippen molar-refractivity contribution in [3.63, 3.8) is 0 Å². The quantitative estimate of drug-likeness (QED) is 0.647. The van der Waals surface area contributed by atoms with Gasteiger partial charge in [-0.2, -0.15) is 0 Å². The Kier molecular flexibility index (Phi) is 3.89. The Morgan fingerprint density at radius 2 is 1.52 bits per heavy atom. The third-order valence-electron chi connectivity index (χ3n) is 3.33. The van der Waals surface area contributed by atoms with E-state index in [0.717, 1.165) is 22.1 Å². The lowest BCUT2D eigenvalue weighted by Crippen LogP contribution is -1.98. The van der Waals surface area contributed by atoms with Gasteiger partial charge in [-0.15, -0.1) is 0 Å². The molecule has 21 heavy (non-hydrogen) atoms. The van der Waals surface area contributed by atoms with Crippen molar-refractivity contribution in [2.24, 2.45) is 0 Å². The van der Waals surface area contributed by atoms with Gasteiger partial charge in [-0.05, 0) is 34.7 Å². The number of fused-ring (bicyclic) bond motifs is 1. The van der Waals surface area contributed by atoms with Crippen LogP contribution in [0.1, 0.15) is 15.9 Å². The van der Waals surface area contributed by atoms with Crippen molar-refractivity contribution in [3.05, 3.63) is 77.9 Å². The van der Waals surface area contributed by atoms with Gasteiger partial charge in [-0.25, -0.2) is 0 Å². The number of hydrogen-bond acceptors (Lipinski definition) is 2. The summed E-state index contributed by atoms with van der Waals surface area (Å²) in [5.74, 6) is 0.746. The van der Waals surface area contributed by atoms with Crippen molar-refractivity contribution >= 4 is 27.6 Å². The average Bonchev–Trinajstić information content (AvgIpc) is 2.53. The van der Waals surface area contributed by atoms with Crippen LogP contribution >= 0.6 is 11.6 Å². The van der Waals surface area contributed by atoms with Gasteiger partial charge >= 0.3 is 0 Å². The summed E-state index contributed by atoms with van der Waals surface area (Å²) in [6.07, 6.45) is 0. The highest BCUT2D eigenvalue weighted by Crippen LogP contribution is 2.29. The van der Waals surface area contributed by atoms with Crippen molar-refractivity contribution in [2.45, 2.75) is 6.61 Å². The van der Waals surface area contributed by atoms with E-state index in [9.17, 15) is 4.79 Å². The Morgan fingerprint density at radius 1 is 0.857 bits per heavy atom. The maximum absolute atomic E-state index is 11.5. The molecule has 3 aromatic carbocycles. The number of halogens is 1. The lowest BCUT2D eigenvalue weighted by molar-refractivity contribution is 0.108. The summed E-state index contributed by atoms with van der Waals surface area (Å²) < 4.78 is 5.89. The zero-order chi connectivity index (χ0) is 14.7. The molecule has 0 heterocycles. The van der Waals surface area contributed by atoms with Crippen LogP contribution in [-0.4, -0.2) is 5.24 Å². The number of rotatable bonds is 4. The first kappa shape index (κ1) is 13.7. The number of carbonyl (C=O) groups excluding carboxylic acids is 1. The molecule has 0 aliphatic heterocycles. The molecule has 104 valence electrons. The van der Waals surface area contributed by atoms with Crippen LogP contribution in [0.15, 0.2) is 66.7 Å². The van der Waals surface area contributed by atoms with Crippen LogP contribution in [0, 0.1) is 0 Å². The summed E-state index contributed by atoms with van der Waals surface area (Å²) in [4.78, 5) is 11.5. The minimum Gasteiger partial charge on any atom is -0.488 e. The molecule has 0 radical (unpaired) electrons. The van der Waals surface area contributed by atoms with Crippen LogP contribution in [-0.2, 0) is 6.61 Å². The molecule has 0 unspecified atom stereocenters. The predicted octanol–water partition coefficient (Wildman–Crippen LogP) is 4.80. The highest BCUT2D eigenvalue weighted by molar-refractivity contribution is 6.68. The fourth-order valence-electron chi connectivity index (χ4n) is 2.30. The van der Waals surface area contributed by atoms with Gasteiger partial charge in [-0.3, -0.25) is 4.79 Å². The van der Waals surface area contributed by atoms with Crippen LogP contribution in [0.25, 0.3) is 10.8 Å². The molecule has 0 amide bonds. The fraction of sp³-hybridized carbons (Fsp3) is 0.0556. The largest absolute Gasteiger partial charge is 0.488 e. The number of benzene rings is 3. The van der Waals surface area contributed by atoms with E-state index in [1.165, 1.54) is 0 Å². The average molecular weight is 297 g/mol. The van der Waals surface area contributed by atoms with Crippen molar-refractivity contribution < 1.29 is 9.53 Å². The minimum atomic E-state index is -0.458. The summed E-state index contributed by atoms with van der Waals surface area (Å²) in [6, 6.07) is 21.1. The van der Waals surface area contributed by atoms with Gasteiger partial charge in [-0.1, -0.05) is 54.6 Å². The smallest absolute Gasteiger partial charge is 0.253 e. The first-order valence-corrected chi connectivity index (χ1v) is 7.02. The van der Waals surface area contributed by atoms with E-state index < -0.39 is 5.24 Å². The zero-order valence-electron chi connectivity index (χ0n) is 11.3. The molecule has 3 heteroatoms. The number of hydrogen-bond donors (Lipinski definition) is 0. The van der Waals surface area contributed by atoms with Gasteiger partial charge in [0, 0.05) is 10.9 Å². The lowest BCUT2D eigenvalue weighted by Gasteiger charge is -2.11. The molecule has 3 aromatic rings. The topological polar surface area (TPSA) is 26.3 Å². The molecule has 0 N–H and O–H groups in total. The van der Waals surface area contributed by atoms with Crippen LogP contribution in [0.4, 0.5) is 0 Å². The highest BCUT2D eigenvalue weighted by Gasteiger charge is 2.10. The molecule has 0 saturated carbocycles. The molecule has 0 fully saturated rings. The first-order chi connectivity index (χ1) is 10.3. The van der Waals surface area contributed by atoms with Gasteiger partial charge in [0.1, 0.15) is 12.4 Å². The minimum absolute atomic E-state index is 0.458. The Hall–Kier alpha value is -2.32. The van der Waals surface area contributed by atoms with E-state index in [1.807, 2.05) is 54.6 Å². The standard InChI is InChI=1S/C18H13ClO2/c19-18(20)16-10-11-17(15-9-5-4-8-14(15)16)21-12-13-6-2-1-3-7-13/h1-11H,12H2. The van der Waals surface area contributed by atoms with Crippen LogP contribution < -0.4 is 4.74 Å². The molecular formula is C18H13ClO2.